The molecule has 0 aromatic heterocycles. The molecule has 0 aromatic rings. The molecule has 0 saturated heterocycles. The van der Waals surface area contributed by atoms with Crippen molar-refractivity contribution in [1.82, 2.24) is 0 Å². The molecule has 0 bridgehead atoms. The van der Waals surface area contributed by atoms with Gasteiger partial charge in [0.05, 0.1) is 6.61 Å². The maximum Gasteiger partial charge on any atom is 0.522 e. The van der Waals surface area contributed by atoms with Gasteiger partial charge in [0.15, 0.2) is 0 Å². The quantitative estimate of drug-likeness (QED) is 0.0795. The Balaban J connectivity index is 0.000000728. The number of alkyl halides is 16. The molecule has 0 amide bonds. The minimum atomic E-state index is -6.69. The Hall–Kier alpha value is -0.920. The van der Waals surface area contributed by atoms with Crippen molar-refractivity contribution >= 4 is 22.6 Å². The standard InChI is InChI=1S/C12H21F2I.C11H16F2.C8H7F11O2/c1-3-4-10-7-9(2)8-11(5-6-15)12(10,13)14;1-4-9-6-8(3)7-10(5-2)11(9,12)13;1-20-7(15,16)6(13,14)5(11,12)4(9,10)2-3-21-8(17,18)19/h9-11H,3-8H2,1-2H3;4-5,8-10H,1-2,6-7H2,3H3;2-3H2,1H3. The van der Waals surface area contributed by atoms with Crippen LogP contribution in [0.5, 0.6) is 0 Å². The van der Waals surface area contributed by atoms with Crippen LogP contribution in [0, 0.1) is 35.5 Å². The molecule has 0 aliphatic heterocycles. The average Bonchev–Trinajstić information content (AvgIpc) is 2.96. The highest BCUT2D eigenvalue weighted by molar-refractivity contribution is 14.1. The fraction of sp³-hybridized carbons (Fsp3) is 0.871. The summed E-state index contributed by atoms with van der Waals surface area (Å²) in [4.78, 5) is 0. The van der Waals surface area contributed by atoms with Crippen LogP contribution in [0.1, 0.15) is 72.1 Å². The van der Waals surface area contributed by atoms with Gasteiger partial charge in [0.25, 0.3) is 11.8 Å². The number of allylic oxidation sites excluding steroid dienone is 2. The zero-order chi connectivity index (χ0) is 38.9. The number of hydrogen-bond donors (Lipinski definition) is 0. The Morgan fingerprint density at radius 1 is 0.714 bits per heavy atom. The Bertz CT molecular complexity index is 966. The zero-order valence-electron chi connectivity index (χ0n) is 27.5. The SMILES string of the molecule is C=CC1CC(C)CC(C=C)C1(F)F.CCCC1CC(C)CC(CCI)C1(F)F.COC(F)(F)C(F)(F)C(F)(F)C(F)(F)CCOC(F)(F)F. The molecule has 2 rings (SSSR count). The van der Waals surface area contributed by atoms with E-state index in [1.807, 2.05) is 13.8 Å². The summed E-state index contributed by atoms with van der Waals surface area (Å²) in [5, 5.41) is 0. The summed E-state index contributed by atoms with van der Waals surface area (Å²) in [7, 11) is -0.144. The first-order chi connectivity index (χ1) is 22.1. The second-order valence-corrected chi connectivity index (χ2v) is 13.5. The Morgan fingerprint density at radius 3 is 1.51 bits per heavy atom. The molecular weight excluding hydrogens is 816 g/mol. The smallest absolute Gasteiger partial charge is 0.319 e. The summed E-state index contributed by atoms with van der Waals surface area (Å²) >= 11 is 2.21. The highest BCUT2D eigenvalue weighted by Crippen LogP contribution is 2.54. The van der Waals surface area contributed by atoms with Crippen LogP contribution in [0.3, 0.4) is 0 Å². The summed E-state index contributed by atoms with van der Waals surface area (Å²) in [6.45, 7) is 10.9. The highest BCUT2D eigenvalue weighted by Gasteiger charge is 2.81. The molecule has 0 spiro atoms. The van der Waals surface area contributed by atoms with Gasteiger partial charge in [0.1, 0.15) is 0 Å². The molecule has 5 atom stereocenters. The Morgan fingerprint density at radius 2 is 1.14 bits per heavy atom. The molecule has 2 nitrogen and oxygen atoms in total. The van der Waals surface area contributed by atoms with Crippen molar-refractivity contribution in [2.24, 2.45) is 35.5 Å². The first-order valence-corrected chi connectivity index (χ1v) is 16.9. The number of hydrogen-bond acceptors (Lipinski definition) is 2. The third-order valence-electron chi connectivity index (χ3n) is 8.58. The van der Waals surface area contributed by atoms with Crippen LogP contribution < -0.4 is 0 Å². The topological polar surface area (TPSA) is 18.5 Å². The van der Waals surface area contributed by atoms with E-state index in [0.717, 1.165) is 23.7 Å². The van der Waals surface area contributed by atoms with E-state index in [-0.39, 0.29) is 18.9 Å². The molecule has 0 N–H and O–H groups in total. The third-order valence-corrected chi connectivity index (χ3v) is 9.21. The predicted molar refractivity (Wildman–Crippen MR) is 163 cm³/mol. The maximum absolute atomic E-state index is 14.1. The molecule has 2 aliphatic rings. The molecule has 0 heterocycles. The minimum absolute atomic E-state index is 0.144. The largest absolute Gasteiger partial charge is 0.522 e. The van der Waals surface area contributed by atoms with E-state index >= 15 is 0 Å². The van der Waals surface area contributed by atoms with Crippen molar-refractivity contribution in [2.75, 3.05) is 18.1 Å². The first-order valence-electron chi connectivity index (χ1n) is 15.4. The van der Waals surface area contributed by atoms with Gasteiger partial charge in [-0.1, -0.05) is 61.9 Å². The van der Waals surface area contributed by atoms with Gasteiger partial charge in [-0.05, 0) is 50.4 Å². The monoisotopic (exact) mass is 860 g/mol. The lowest BCUT2D eigenvalue weighted by atomic mass is 9.70. The number of halogens is 16. The summed E-state index contributed by atoms with van der Waals surface area (Å²) in [6, 6.07) is 0. The lowest BCUT2D eigenvalue weighted by Crippen LogP contribution is -2.62. The van der Waals surface area contributed by atoms with Crippen LogP contribution in [0.15, 0.2) is 25.3 Å². The van der Waals surface area contributed by atoms with Crippen LogP contribution in [0.4, 0.5) is 65.9 Å². The fourth-order valence-corrected chi connectivity index (χ4v) is 6.62. The first kappa shape index (κ1) is 48.1. The minimum Gasteiger partial charge on any atom is -0.319 e. The van der Waals surface area contributed by atoms with Gasteiger partial charge >= 0.3 is 30.2 Å². The molecule has 2 aliphatic carbocycles. The van der Waals surface area contributed by atoms with E-state index in [0.29, 0.717) is 37.5 Å². The Labute approximate surface area is 290 Å². The zero-order valence-corrected chi connectivity index (χ0v) is 29.6. The summed E-state index contributed by atoms with van der Waals surface area (Å²) < 4.78 is 198. The van der Waals surface area contributed by atoms with Crippen molar-refractivity contribution in [2.45, 2.75) is 114 Å². The molecule has 5 unspecified atom stereocenters. The molecule has 0 aromatic carbocycles. The second-order valence-electron chi connectivity index (χ2n) is 12.5. The van der Waals surface area contributed by atoms with Gasteiger partial charge in [0, 0.05) is 41.6 Å². The van der Waals surface area contributed by atoms with Crippen LogP contribution in [-0.2, 0) is 9.47 Å². The number of rotatable bonds is 13. The molecule has 0 radical (unpaired) electrons. The van der Waals surface area contributed by atoms with Gasteiger partial charge < -0.3 is 4.74 Å². The average molecular weight is 861 g/mol. The number of methoxy groups -OCH3 is 1. The van der Waals surface area contributed by atoms with E-state index < -0.39 is 66.9 Å². The predicted octanol–water partition coefficient (Wildman–Crippen LogP) is 12.6. The molecule has 292 valence electrons. The van der Waals surface area contributed by atoms with E-state index in [2.05, 4.69) is 52.1 Å². The van der Waals surface area contributed by atoms with Gasteiger partial charge in [-0.2, -0.15) is 35.1 Å². The van der Waals surface area contributed by atoms with E-state index in [1.54, 1.807) is 0 Å². The van der Waals surface area contributed by atoms with E-state index in [4.69, 9.17) is 0 Å². The van der Waals surface area contributed by atoms with Gasteiger partial charge in [0.2, 0.25) is 0 Å². The van der Waals surface area contributed by atoms with Crippen molar-refractivity contribution in [3.8, 4) is 0 Å². The molecule has 2 saturated carbocycles. The van der Waals surface area contributed by atoms with Crippen molar-refractivity contribution < 1.29 is 75.3 Å². The molecular formula is C31H44F15IO2. The van der Waals surface area contributed by atoms with E-state index in [9.17, 15) is 65.9 Å². The maximum atomic E-state index is 14.1. The summed E-state index contributed by atoms with van der Waals surface area (Å²) in [5.74, 6) is -25.6. The lowest BCUT2D eigenvalue weighted by molar-refractivity contribution is -0.424. The molecule has 18 heteroatoms. The Kier molecular flexibility index (Phi) is 18.4. The van der Waals surface area contributed by atoms with Gasteiger partial charge in [-0.3, -0.25) is 4.74 Å². The van der Waals surface area contributed by atoms with E-state index in [1.165, 1.54) is 12.2 Å². The van der Waals surface area contributed by atoms with Crippen LogP contribution in [0.25, 0.3) is 0 Å². The van der Waals surface area contributed by atoms with Crippen molar-refractivity contribution in [1.29, 1.82) is 0 Å². The molecule has 2 fully saturated rings. The number of ether oxygens (including phenoxy) is 2. The van der Waals surface area contributed by atoms with Crippen LogP contribution in [0.2, 0.25) is 0 Å². The van der Waals surface area contributed by atoms with Gasteiger partial charge in [-0.25, -0.2) is 17.6 Å². The van der Waals surface area contributed by atoms with Crippen LogP contribution >= 0.6 is 22.6 Å². The summed E-state index contributed by atoms with van der Waals surface area (Å²) in [6.07, 6.45) is -6.49. The summed E-state index contributed by atoms with van der Waals surface area (Å²) in [5.41, 5.74) is 0. The fourth-order valence-electron chi connectivity index (χ4n) is 5.87. The van der Waals surface area contributed by atoms with Crippen molar-refractivity contribution in [3.63, 3.8) is 0 Å². The molecule has 49 heavy (non-hydrogen) atoms. The van der Waals surface area contributed by atoms with Crippen molar-refractivity contribution in [3.05, 3.63) is 25.3 Å². The normalized spacial score (nSPS) is 27.6. The lowest BCUT2D eigenvalue weighted by Gasteiger charge is -2.41. The third kappa shape index (κ3) is 12.6. The second kappa shape index (κ2) is 18.7. The van der Waals surface area contributed by atoms with Gasteiger partial charge in [-0.15, -0.1) is 26.3 Å². The highest BCUT2D eigenvalue weighted by atomic mass is 127. The van der Waals surface area contributed by atoms with Crippen LogP contribution in [-0.4, -0.2) is 60.2 Å².